The van der Waals surface area contributed by atoms with Gasteiger partial charge in [-0.25, -0.2) is 4.68 Å². The third-order valence-electron chi connectivity index (χ3n) is 6.40. The van der Waals surface area contributed by atoms with Crippen LogP contribution in [-0.2, 0) is 5.54 Å². The van der Waals surface area contributed by atoms with Gasteiger partial charge in [-0.1, -0.05) is 35.5 Å². The van der Waals surface area contributed by atoms with Crippen LogP contribution in [0.2, 0.25) is 0 Å². The van der Waals surface area contributed by atoms with Crippen LogP contribution in [0.3, 0.4) is 0 Å². The van der Waals surface area contributed by atoms with E-state index in [2.05, 4.69) is 52.2 Å². The van der Waals surface area contributed by atoms with E-state index in [1.807, 2.05) is 0 Å². The van der Waals surface area contributed by atoms with E-state index in [1.54, 1.807) is 0 Å². The molecule has 4 aliphatic carbocycles. The Labute approximate surface area is 131 Å². The molecule has 3 heteroatoms. The van der Waals surface area contributed by atoms with E-state index in [-0.39, 0.29) is 5.54 Å². The average molecular weight is 293 g/mol. The molecular formula is C19H23N3. The highest BCUT2D eigenvalue weighted by molar-refractivity contribution is 5.60. The van der Waals surface area contributed by atoms with Gasteiger partial charge in [0, 0.05) is 5.56 Å². The summed E-state index contributed by atoms with van der Waals surface area (Å²) in [6, 6.07) is 10.5. The van der Waals surface area contributed by atoms with Gasteiger partial charge in [-0.05, 0) is 63.2 Å². The molecule has 0 radical (unpaired) electrons. The molecule has 1 heterocycles. The zero-order chi connectivity index (χ0) is 14.7. The minimum Gasteiger partial charge on any atom is -0.243 e. The first-order valence-electron chi connectivity index (χ1n) is 8.72. The van der Waals surface area contributed by atoms with E-state index in [0.717, 1.165) is 23.4 Å². The summed E-state index contributed by atoms with van der Waals surface area (Å²) in [5.41, 5.74) is 3.79. The highest BCUT2D eigenvalue weighted by Gasteiger charge is 2.53. The topological polar surface area (TPSA) is 30.7 Å². The van der Waals surface area contributed by atoms with Crippen molar-refractivity contribution in [1.82, 2.24) is 15.0 Å². The summed E-state index contributed by atoms with van der Waals surface area (Å²) in [5, 5.41) is 9.20. The molecule has 0 spiro atoms. The van der Waals surface area contributed by atoms with Crippen LogP contribution in [0.25, 0.3) is 11.3 Å². The fourth-order valence-corrected chi connectivity index (χ4v) is 5.97. The standard InChI is InChI=1S/C19H23N3/c1-13-18(17-5-3-2-4-6-17)20-21-22(13)19-10-14-7-15(11-19)9-16(8-14)12-19/h2-6,14-16H,7-12H2,1H3. The minimum absolute atomic E-state index is 0.277. The fourth-order valence-electron chi connectivity index (χ4n) is 5.97. The van der Waals surface area contributed by atoms with Crippen molar-refractivity contribution in [2.45, 2.75) is 51.0 Å². The predicted octanol–water partition coefficient (Wildman–Crippen LogP) is 4.18. The van der Waals surface area contributed by atoms with Gasteiger partial charge >= 0.3 is 0 Å². The van der Waals surface area contributed by atoms with Crippen molar-refractivity contribution >= 4 is 0 Å². The van der Waals surface area contributed by atoms with Crippen molar-refractivity contribution < 1.29 is 0 Å². The number of benzene rings is 1. The van der Waals surface area contributed by atoms with Crippen LogP contribution >= 0.6 is 0 Å². The van der Waals surface area contributed by atoms with Gasteiger partial charge in [0.15, 0.2) is 0 Å². The Morgan fingerprint density at radius 1 is 0.955 bits per heavy atom. The lowest BCUT2D eigenvalue weighted by atomic mass is 9.53. The van der Waals surface area contributed by atoms with Crippen molar-refractivity contribution in [2.24, 2.45) is 17.8 Å². The van der Waals surface area contributed by atoms with Gasteiger partial charge in [0.2, 0.25) is 0 Å². The van der Waals surface area contributed by atoms with Crippen molar-refractivity contribution in [3.63, 3.8) is 0 Å². The van der Waals surface area contributed by atoms with Crippen LogP contribution in [0.15, 0.2) is 30.3 Å². The van der Waals surface area contributed by atoms with E-state index in [1.165, 1.54) is 49.8 Å². The quantitative estimate of drug-likeness (QED) is 0.831. The van der Waals surface area contributed by atoms with Crippen molar-refractivity contribution in [2.75, 3.05) is 0 Å². The van der Waals surface area contributed by atoms with Crippen LogP contribution in [0.4, 0.5) is 0 Å². The zero-order valence-corrected chi connectivity index (χ0v) is 13.2. The van der Waals surface area contributed by atoms with Gasteiger partial charge in [-0.2, -0.15) is 0 Å². The summed E-state index contributed by atoms with van der Waals surface area (Å²) < 4.78 is 2.32. The Hall–Kier alpha value is -1.64. The van der Waals surface area contributed by atoms with Crippen LogP contribution in [-0.4, -0.2) is 15.0 Å². The summed E-state index contributed by atoms with van der Waals surface area (Å²) in [4.78, 5) is 0. The summed E-state index contributed by atoms with van der Waals surface area (Å²) in [5.74, 6) is 2.82. The molecule has 4 saturated carbocycles. The maximum absolute atomic E-state index is 4.65. The molecule has 4 bridgehead atoms. The highest BCUT2D eigenvalue weighted by Crippen LogP contribution is 2.58. The Kier molecular flexibility index (Phi) is 2.59. The molecule has 0 amide bonds. The number of nitrogens with zero attached hydrogens (tertiary/aromatic N) is 3. The van der Waals surface area contributed by atoms with Crippen LogP contribution in [0.1, 0.15) is 44.2 Å². The smallest absolute Gasteiger partial charge is 0.115 e. The lowest BCUT2D eigenvalue weighted by Crippen LogP contribution is -2.52. The normalized spacial score (nSPS) is 36.0. The highest BCUT2D eigenvalue weighted by atomic mass is 15.5. The van der Waals surface area contributed by atoms with E-state index < -0.39 is 0 Å². The Bertz CT molecular complexity index is 665. The van der Waals surface area contributed by atoms with Gasteiger partial charge in [-0.15, -0.1) is 5.10 Å². The van der Waals surface area contributed by atoms with Crippen molar-refractivity contribution in [1.29, 1.82) is 0 Å². The molecular weight excluding hydrogens is 270 g/mol. The second-order valence-corrected chi connectivity index (χ2v) is 7.94. The lowest BCUT2D eigenvalue weighted by Gasteiger charge is -2.56. The second-order valence-electron chi connectivity index (χ2n) is 7.94. The van der Waals surface area contributed by atoms with E-state index in [0.29, 0.717) is 0 Å². The number of hydrogen-bond acceptors (Lipinski definition) is 2. The Balaban J connectivity index is 1.58. The molecule has 3 nitrogen and oxygen atoms in total. The summed E-state index contributed by atoms with van der Waals surface area (Å²) in [7, 11) is 0. The third kappa shape index (κ3) is 1.74. The maximum atomic E-state index is 4.65. The van der Waals surface area contributed by atoms with Gasteiger partial charge in [0.25, 0.3) is 0 Å². The molecule has 2 aromatic rings. The van der Waals surface area contributed by atoms with E-state index in [4.69, 9.17) is 0 Å². The van der Waals surface area contributed by atoms with Crippen molar-refractivity contribution in [3.05, 3.63) is 36.0 Å². The Morgan fingerprint density at radius 3 is 2.14 bits per heavy atom. The minimum atomic E-state index is 0.277. The molecule has 0 saturated heterocycles. The average Bonchev–Trinajstić information content (AvgIpc) is 2.89. The largest absolute Gasteiger partial charge is 0.243 e. The Morgan fingerprint density at radius 2 is 1.55 bits per heavy atom. The lowest BCUT2D eigenvalue weighted by molar-refractivity contribution is -0.0511. The molecule has 0 aliphatic heterocycles. The second kappa shape index (κ2) is 4.43. The summed E-state index contributed by atoms with van der Waals surface area (Å²) in [6.07, 6.45) is 8.40. The number of hydrogen-bond donors (Lipinski definition) is 0. The molecule has 4 fully saturated rings. The molecule has 6 rings (SSSR count). The van der Waals surface area contributed by atoms with Crippen LogP contribution < -0.4 is 0 Å². The maximum Gasteiger partial charge on any atom is 0.115 e. The molecule has 0 unspecified atom stereocenters. The van der Waals surface area contributed by atoms with Gasteiger partial charge in [0.1, 0.15) is 5.69 Å². The molecule has 1 aromatic heterocycles. The van der Waals surface area contributed by atoms with Crippen LogP contribution in [0.5, 0.6) is 0 Å². The first-order chi connectivity index (χ1) is 10.7. The van der Waals surface area contributed by atoms with Gasteiger partial charge in [-0.3, -0.25) is 0 Å². The molecule has 114 valence electrons. The van der Waals surface area contributed by atoms with Crippen molar-refractivity contribution in [3.8, 4) is 11.3 Å². The number of rotatable bonds is 2. The summed E-state index contributed by atoms with van der Waals surface area (Å²) >= 11 is 0. The molecule has 4 aliphatic rings. The molecule has 1 aromatic carbocycles. The fraction of sp³-hybridized carbons (Fsp3) is 0.579. The SMILES string of the molecule is Cc1c(-c2ccccc2)nnn1C12CC3CC(CC(C3)C1)C2. The molecule has 22 heavy (non-hydrogen) atoms. The van der Waals surface area contributed by atoms with Gasteiger partial charge < -0.3 is 0 Å². The van der Waals surface area contributed by atoms with E-state index in [9.17, 15) is 0 Å². The van der Waals surface area contributed by atoms with Gasteiger partial charge in [0.05, 0.1) is 11.2 Å². The zero-order valence-electron chi connectivity index (χ0n) is 13.2. The predicted molar refractivity (Wildman–Crippen MR) is 86.3 cm³/mol. The molecule has 0 N–H and O–H groups in total. The third-order valence-corrected chi connectivity index (χ3v) is 6.40. The summed E-state index contributed by atoms with van der Waals surface area (Å²) in [6.45, 7) is 2.21. The first-order valence-corrected chi connectivity index (χ1v) is 8.72. The molecule has 0 atom stereocenters. The van der Waals surface area contributed by atoms with Crippen LogP contribution in [0, 0.1) is 24.7 Å². The number of aromatic nitrogens is 3. The first kappa shape index (κ1) is 12.9. The monoisotopic (exact) mass is 293 g/mol. The van der Waals surface area contributed by atoms with E-state index >= 15 is 0 Å².